The third-order valence-electron chi connectivity index (χ3n) is 5.50. The van der Waals surface area contributed by atoms with Crippen molar-refractivity contribution in [2.24, 2.45) is 5.73 Å². The summed E-state index contributed by atoms with van der Waals surface area (Å²) in [4.78, 5) is 35.9. The molecule has 0 saturated heterocycles. The number of carbonyl (C=O) groups is 3. The molecule has 7 nitrogen and oxygen atoms in total. The van der Waals surface area contributed by atoms with Crippen LogP contribution in [-0.2, 0) is 16.2 Å². The summed E-state index contributed by atoms with van der Waals surface area (Å²) in [7, 11) is 0. The fraction of sp³-hybridized carbons (Fsp3) is 0.192. The van der Waals surface area contributed by atoms with Crippen LogP contribution in [0.25, 0.3) is 11.1 Å². The van der Waals surface area contributed by atoms with Crippen molar-refractivity contribution in [3.63, 3.8) is 0 Å². The van der Waals surface area contributed by atoms with Crippen molar-refractivity contribution in [3.05, 3.63) is 82.9 Å². The zero-order valence-corrected chi connectivity index (χ0v) is 20.3. The molecule has 188 valence electrons. The summed E-state index contributed by atoms with van der Waals surface area (Å²) in [5.41, 5.74) is 7.71. The summed E-state index contributed by atoms with van der Waals surface area (Å²) >= 11 is 1.30. The standard InChI is InChI=1S/C26H24F2N2O5S/c1-14(25(29)33)24-16(4-3-5-18(24)26(34)30-12-23(31)32)13-35-17-8-6-15(7-9-17)19-10-20(27)21(28)11-22(19)36-2/h3-11,14H,12-13H2,1-2H3,(H2,29,33)(H,30,34)(H,31,32)/t14-/m0/s1. The van der Waals surface area contributed by atoms with Gasteiger partial charge in [-0.25, -0.2) is 8.78 Å². The summed E-state index contributed by atoms with van der Waals surface area (Å²) in [5, 5.41) is 11.1. The number of carbonyl (C=O) groups excluding carboxylic acids is 2. The van der Waals surface area contributed by atoms with Gasteiger partial charge in [-0.05, 0) is 65.8 Å². The molecule has 0 unspecified atom stereocenters. The van der Waals surface area contributed by atoms with Crippen molar-refractivity contribution >= 4 is 29.5 Å². The van der Waals surface area contributed by atoms with E-state index in [9.17, 15) is 23.2 Å². The zero-order chi connectivity index (χ0) is 26.4. The maximum atomic E-state index is 13.8. The number of carboxylic acids is 1. The molecule has 0 saturated carbocycles. The van der Waals surface area contributed by atoms with E-state index < -0.39 is 41.9 Å². The Morgan fingerprint density at radius 3 is 2.36 bits per heavy atom. The molecule has 0 bridgehead atoms. The Kier molecular flexibility index (Phi) is 8.65. The topological polar surface area (TPSA) is 119 Å². The Bertz CT molecular complexity index is 1300. The molecule has 0 radical (unpaired) electrons. The first-order valence-corrected chi connectivity index (χ1v) is 12.0. The molecular formula is C26H24F2N2O5S. The molecule has 2 amide bonds. The minimum absolute atomic E-state index is 0.00636. The first-order chi connectivity index (χ1) is 17.1. The third kappa shape index (κ3) is 6.19. The second-order valence-electron chi connectivity index (χ2n) is 7.86. The summed E-state index contributed by atoms with van der Waals surface area (Å²) in [6.07, 6.45) is 1.77. The van der Waals surface area contributed by atoms with Crippen molar-refractivity contribution in [3.8, 4) is 16.9 Å². The van der Waals surface area contributed by atoms with E-state index in [2.05, 4.69) is 5.32 Å². The first kappa shape index (κ1) is 26.7. The van der Waals surface area contributed by atoms with Crippen LogP contribution in [0.3, 0.4) is 0 Å². The number of benzene rings is 3. The smallest absolute Gasteiger partial charge is 0.322 e. The van der Waals surface area contributed by atoms with Gasteiger partial charge in [0.25, 0.3) is 5.91 Å². The van der Waals surface area contributed by atoms with Crippen LogP contribution in [0.15, 0.2) is 59.5 Å². The minimum Gasteiger partial charge on any atom is -0.489 e. The van der Waals surface area contributed by atoms with Gasteiger partial charge in [-0.1, -0.05) is 24.3 Å². The molecule has 36 heavy (non-hydrogen) atoms. The number of amides is 2. The molecule has 0 aromatic heterocycles. The first-order valence-electron chi connectivity index (χ1n) is 10.8. The van der Waals surface area contributed by atoms with Crippen LogP contribution < -0.4 is 15.8 Å². The van der Waals surface area contributed by atoms with Gasteiger partial charge in [0, 0.05) is 10.5 Å². The van der Waals surface area contributed by atoms with E-state index in [4.69, 9.17) is 15.6 Å². The summed E-state index contributed by atoms with van der Waals surface area (Å²) < 4.78 is 33.3. The van der Waals surface area contributed by atoms with Gasteiger partial charge in [0.2, 0.25) is 5.91 Å². The van der Waals surface area contributed by atoms with Gasteiger partial charge in [-0.15, -0.1) is 11.8 Å². The van der Waals surface area contributed by atoms with Crippen LogP contribution in [0.1, 0.15) is 34.3 Å². The highest BCUT2D eigenvalue weighted by molar-refractivity contribution is 7.98. The lowest BCUT2D eigenvalue weighted by atomic mass is 9.90. The van der Waals surface area contributed by atoms with E-state index >= 15 is 0 Å². The maximum absolute atomic E-state index is 13.8. The second kappa shape index (κ2) is 11.7. The average Bonchev–Trinajstić information content (AvgIpc) is 2.86. The number of ether oxygens (including phenoxy) is 1. The van der Waals surface area contributed by atoms with Crippen molar-refractivity contribution in [2.45, 2.75) is 24.3 Å². The van der Waals surface area contributed by atoms with Gasteiger partial charge >= 0.3 is 5.97 Å². The maximum Gasteiger partial charge on any atom is 0.322 e. The fourth-order valence-corrected chi connectivity index (χ4v) is 4.27. The van der Waals surface area contributed by atoms with Crippen LogP contribution in [0.4, 0.5) is 8.78 Å². The summed E-state index contributed by atoms with van der Waals surface area (Å²) in [6, 6.07) is 13.8. The Balaban J connectivity index is 1.85. The van der Waals surface area contributed by atoms with E-state index in [1.165, 1.54) is 17.8 Å². The van der Waals surface area contributed by atoms with Crippen molar-refractivity contribution in [2.75, 3.05) is 12.8 Å². The highest BCUT2D eigenvalue weighted by atomic mass is 32.2. The molecule has 0 aliphatic carbocycles. The molecule has 3 aromatic rings. The quantitative estimate of drug-likeness (QED) is 0.347. The van der Waals surface area contributed by atoms with Crippen LogP contribution in [0, 0.1) is 11.6 Å². The summed E-state index contributed by atoms with van der Waals surface area (Å²) in [5.74, 6) is -4.74. The normalized spacial score (nSPS) is 11.6. The predicted octanol–water partition coefficient (Wildman–Crippen LogP) is 4.34. The minimum atomic E-state index is -1.20. The summed E-state index contributed by atoms with van der Waals surface area (Å²) in [6.45, 7) is 0.967. The van der Waals surface area contributed by atoms with Gasteiger partial charge in [-0.3, -0.25) is 14.4 Å². The molecule has 3 rings (SSSR count). The number of carboxylic acid groups (broad SMARTS) is 1. The monoisotopic (exact) mass is 514 g/mol. The molecule has 0 heterocycles. The van der Waals surface area contributed by atoms with E-state index in [1.807, 2.05) is 0 Å². The van der Waals surface area contributed by atoms with E-state index in [-0.39, 0.29) is 12.2 Å². The number of rotatable bonds is 10. The third-order valence-corrected chi connectivity index (χ3v) is 6.28. The number of halogens is 2. The molecule has 0 aliphatic rings. The highest BCUT2D eigenvalue weighted by Crippen LogP contribution is 2.33. The number of aliphatic carboxylic acids is 1. The van der Waals surface area contributed by atoms with Gasteiger partial charge < -0.3 is 20.9 Å². The van der Waals surface area contributed by atoms with Crippen LogP contribution in [0.5, 0.6) is 5.75 Å². The molecular weight excluding hydrogens is 490 g/mol. The van der Waals surface area contributed by atoms with Gasteiger partial charge in [0.05, 0.1) is 5.92 Å². The van der Waals surface area contributed by atoms with Crippen LogP contribution in [-0.4, -0.2) is 35.7 Å². The molecule has 3 aromatic carbocycles. The van der Waals surface area contributed by atoms with E-state index in [0.717, 1.165) is 12.1 Å². The molecule has 1 atom stereocenters. The van der Waals surface area contributed by atoms with Crippen molar-refractivity contribution in [1.29, 1.82) is 0 Å². The Hall–Kier alpha value is -3.92. The molecule has 0 spiro atoms. The highest BCUT2D eigenvalue weighted by Gasteiger charge is 2.23. The lowest BCUT2D eigenvalue weighted by molar-refractivity contribution is -0.135. The van der Waals surface area contributed by atoms with Gasteiger partial charge in [0.1, 0.15) is 18.9 Å². The average molecular weight is 515 g/mol. The van der Waals surface area contributed by atoms with Gasteiger partial charge in [-0.2, -0.15) is 0 Å². The number of hydrogen-bond acceptors (Lipinski definition) is 5. The van der Waals surface area contributed by atoms with Crippen molar-refractivity contribution < 1.29 is 33.0 Å². The molecule has 0 aliphatic heterocycles. The number of nitrogens with one attached hydrogen (secondary N) is 1. The number of primary amides is 1. The number of thioether (sulfide) groups is 1. The largest absolute Gasteiger partial charge is 0.489 e. The SMILES string of the molecule is CSc1cc(F)c(F)cc1-c1ccc(OCc2cccc(C(=O)NCC(=O)O)c2[C@H](C)C(N)=O)cc1. The van der Waals surface area contributed by atoms with E-state index in [0.29, 0.717) is 32.9 Å². The van der Waals surface area contributed by atoms with Gasteiger partial charge in [0.15, 0.2) is 11.6 Å². The number of nitrogens with two attached hydrogens (primary N) is 1. The Morgan fingerprint density at radius 1 is 1.08 bits per heavy atom. The fourth-order valence-electron chi connectivity index (χ4n) is 3.66. The Labute approximate surface area is 210 Å². The lowest BCUT2D eigenvalue weighted by Gasteiger charge is -2.19. The van der Waals surface area contributed by atoms with Crippen LogP contribution >= 0.6 is 11.8 Å². The Morgan fingerprint density at radius 2 is 1.75 bits per heavy atom. The zero-order valence-electron chi connectivity index (χ0n) is 19.5. The predicted molar refractivity (Wildman–Crippen MR) is 132 cm³/mol. The number of hydrogen-bond donors (Lipinski definition) is 3. The molecule has 10 heteroatoms. The second-order valence-corrected chi connectivity index (χ2v) is 8.71. The molecule has 4 N–H and O–H groups in total. The van der Waals surface area contributed by atoms with Crippen molar-refractivity contribution in [1.82, 2.24) is 5.32 Å². The van der Waals surface area contributed by atoms with Crippen LogP contribution in [0.2, 0.25) is 0 Å². The lowest BCUT2D eigenvalue weighted by Crippen LogP contribution is -2.31. The van der Waals surface area contributed by atoms with E-state index in [1.54, 1.807) is 49.6 Å². The molecule has 0 fully saturated rings.